The van der Waals surface area contributed by atoms with E-state index in [4.69, 9.17) is 19.9 Å². The highest BCUT2D eigenvalue weighted by Crippen LogP contribution is 2.30. The number of hydrogen-bond donors (Lipinski definition) is 1. The highest BCUT2D eigenvalue weighted by Gasteiger charge is 2.14. The molecule has 0 fully saturated rings. The number of rotatable bonds is 5. The molecule has 0 aromatic heterocycles. The van der Waals surface area contributed by atoms with Crippen molar-refractivity contribution in [1.82, 2.24) is 0 Å². The molecule has 0 aliphatic heterocycles. The molecule has 112 valence electrons. The third kappa shape index (κ3) is 3.25. The summed E-state index contributed by atoms with van der Waals surface area (Å²) in [5, 5.41) is 0. The summed E-state index contributed by atoms with van der Waals surface area (Å²) in [5.74, 6) is 1.04. The third-order valence-corrected chi connectivity index (χ3v) is 3.27. The van der Waals surface area contributed by atoms with Crippen LogP contribution in [0.2, 0.25) is 0 Å². The first-order valence-corrected chi connectivity index (χ1v) is 6.41. The number of halogens is 1. The predicted octanol–water partition coefficient (Wildman–Crippen LogP) is 2.90. The van der Waals surface area contributed by atoms with Gasteiger partial charge in [0.15, 0.2) is 11.6 Å². The minimum Gasteiger partial charge on any atom is -0.497 e. The van der Waals surface area contributed by atoms with Crippen molar-refractivity contribution in [3.8, 4) is 17.2 Å². The second-order valence-corrected chi connectivity index (χ2v) is 4.52. The standard InChI is InChI=1S/C16H18FNO3/c1-19-12-6-11(7-13(9-12)20-2)16(18)10-4-5-14(17)15(8-10)21-3/h4-9,16H,18H2,1-3H3. The molecule has 0 spiro atoms. The highest BCUT2D eigenvalue weighted by atomic mass is 19.1. The molecule has 0 saturated carbocycles. The monoisotopic (exact) mass is 291 g/mol. The maximum Gasteiger partial charge on any atom is 0.165 e. The van der Waals surface area contributed by atoms with Gasteiger partial charge in [0, 0.05) is 6.07 Å². The van der Waals surface area contributed by atoms with Gasteiger partial charge in [-0.2, -0.15) is 0 Å². The maximum atomic E-state index is 13.5. The first kappa shape index (κ1) is 15.1. The van der Waals surface area contributed by atoms with Gasteiger partial charge in [-0.25, -0.2) is 4.39 Å². The van der Waals surface area contributed by atoms with Gasteiger partial charge < -0.3 is 19.9 Å². The molecule has 0 aliphatic rings. The fourth-order valence-corrected chi connectivity index (χ4v) is 2.07. The van der Waals surface area contributed by atoms with Crippen LogP contribution in [0.1, 0.15) is 17.2 Å². The van der Waals surface area contributed by atoms with E-state index in [-0.39, 0.29) is 5.75 Å². The number of benzene rings is 2. The third-order valence-electron chi connectivity index (χ3n) is 3.27. The predicted molar refractivity (Wildman–Crippen MR) is 78.5 cm³/mol. The molecule has 0 bridgehead atoms. The molecule has 1 unspecified atom stereocenters. The number of methoxy groups -OCH3 is 3. The van der Waals surface area contributed by atoms with Crippen molar-refractivity contribution in [1.29, 1.82) is 0 Å². The summed E-state index contributed by atoms with van der Waals surface area (Å²) in [6.45, 7) is 0. The van der Waals surface area contributed by atoms with E-state index >= 15 is 0 Å². The quantitative estimate of drug-likeness (QED) is 0.920. The zero-order chi connectivity index (χ0) is 15.4. The maximum absolute atomic E-state index is 13.5. The minimum atomic E-state index is -0.441. The Balaban J connectivity index is 2.41. The lowest BCUT2D eigenvalue weighted by Gasteiger charge is -2.16. The number of hydrogen-bond acceptors (Lipinski definition) is 4. The Morgan fingerprint density at radius 2 is 1.48 bits per heavy atom. The summed E-state index contributed by atoms with van der Waals surface area (Å²) in [4.78, 5) is 0. The van der Waals surface area contributed by atoms with E-state index < -0.39 is 11.9 Å². The van der Waals surface area contributed by atoms with E-state index in [1.54, 1.807) is 32.4 Å². The molecule has 2 aromatic carbocycles. The zero-order valence-corrected chi connectivity index (χ0v) is 12.2. The van der Waals surface area contributed by atoms with E-state index in [1.807, 2.05) is 12.1 Å². The van der Waals surface area contributed by atoms with Crippen LogP contribution in [0.15, 0.2) is 36.4 Å². The molecule has 2 N–H and O–H groups in total. The van der Waals surface area contributed by atoms with Gasteiger partial charge in [0.2, 0.25) is 0 Å². The molecule has 0 saturated heterocycles. The average molecular weight is 291 g/mol. The topological polar surface area (TPSA) is 53.7 Å². The first-order valence-electron chi connectivity index (χ1n) is 6.41. The Labute approximate surface area is 123 Å². The van der Waals surface area contributed by atoms with Crippen molar-refractivity contribution in [3.63, 3.8) is 0 Å². The van der Waals surface area contributed by atoms with Gasteiger partial charge in [-0.1, -0.05) is 6.07 Å². The van der Waals surface area contributed by atoms with Crippen LogP contribution in [0.3, 0.4) is 0 Å². The van der Waals surface area contributed by atoms with Crippen molar-refractivity contribution in [3.05, 3.63) is 53.3 Å². The van der Waals surface area contributed by atoms with Crippen molar-refractivity contribution in [2.45, 2.75) is 6.04 Å². The van der Waals surface area contributed by atoms with Gasteiger partial charge in [-0.15, -0.1) is 0 Å². The first-order chi connectivity index (χ1) is 10.1. The molecule has 21 heavy (non-hydrogen) atoms. The summed E-state index contributed by atoms with van der Waals surface area (Å²) >= 11 is 0. The van der Waals surface area contributed by atoms with Crippen molar-refractivity contribution in [2.75, 3.05) is 21.3 Å². The highest BCUT2D eigenvalue weighted by molar-refractivity contribution is 5.44. The zero-order valence-electron chi connectivity index (χ0n) is 12.2. The lowest BCUT2D eigenvalue weighted by molar-refractivity contribution is 0.385. The SMILES string of the molecule is COc1cc(OC)cc(C(N)c2ccc(F)c(OC)c2)c1. The van der Waals surface area contributed by atoms with Crippen molar-refractivity contribution in [2.24, 2.45) is 5.73 Å². The molecule has 2 rings (SSSR count). The Morgan fingerprint density at radius 3 is 2.00 bits per heavy atom. The molecule has 0 aliphatic carbocycles. The minimum absolute atomic E-state index is 0.165. The van der Waals surface area contributed by atoms with Gasteiger partial charge in [-0.3, -0.25) is 0 Å². The van der Waals surface area contributed by atoms with E-state index in [0.29, 0.717) is 11.5 Å². The van der Waals surface area contributed by atoms with E-state index in [9.17, 15) is 4.39 Å². The van der Waals surface area contributed by atoms with Crippen LogP contribution in [0.5, 0.6) is 17.2 Å². The van der Waals surface area contributed by atoms with Crippen LogP contribution in [-0.4, -0.2) is 21.3 Å². The summed E-state index contributed by atoms with van der Waals surface area (Å²) in [7, 11) is 4.57. The van der Waals surface area contributed by atoms with Gasteiger partial charge in [0.25, 0.3) is 0 Å². The van der Waals surface area contributed by atoms with Crippen LogP contribution in [-0.2, 0) is 0 Å². The Hall–Kier alpha value is -2.27. The smallest absolute Gasteiger partial charge is 0.165 e. The van der Waals surface area contributed by atoms with Crippen molar-refractivity contribution < 1.29 is 18.6 Å². The molecular weight excluding hydrogens is 273 g/mol. The van der Waals surface area contributed by atoms with Gasteiger partial charge in [0.05, 0.1) is 27.4 Å². The van der Waals surface area contributed by atoms with Gasteiger partial charge in [0.1, 0.15) is 11.5 Å². The van der Waals surface area contributed by atoms with Crippen molar-refractivity contribution >= 4 is 0 Å². The fourth-order valence-electron chi connectivity index (χ4n) is 2.07. The Morgan fingerprint density at radius 1 is 0.857 bits per heavy atom. The second kappa shape index (κ2) is 6.45. The number of ether oxygens (including phenoxy) is 3. The van der Waals surface area contributed by atoms with Crippen LogP contribution >= 0.6 is 0 Å². The molecule has 0 heterocycles. The average Bonchev–Trinajstić information content (AvgIpc) is 2.54. The fraction of sp³-hybridized carbons (Fsp3) is 0.250. The summed E-state index contributed by atoms with van der Waals surface area (Å²) in [6, 6.07) is 9.53. The largest absolute Gasteiger partial charge is 0.497 e. The summed E-state index contributed by atoms with van der Waals surface area (Å²) in [5.41, 5.74) is 7.79. The van der Waals surface area contributed by atoms with Crippen LogP contribution < -0.4 is 19.9 Å². The van der Waals surface area contributed by atoms with Gasteiger partial charge in [-0.05, 0) is 35.4 Å². The number of nitrogens with two attached hydrogens (primary N) is 1. The van der Waals surface area contributed by atoms with Gasteiger partial charge >= 0.3 is 0 Å². The van der Waals surface area contributed by atoms with Crippen LogP contribution in [0.4, 0.5) is 4.39 Å². The van der Waals surface area contributed by atoms with Crippen LogP contribution in [0.25, 0.3) is 0 Å². The normalized spacial score (nSPS) is 11.9. The lowest BCUT2D eigenvalue weighted by Crippen LogP contribution is -2.12. The molecule has 0 radical (unpaired) electrons. The van der Waals surface area contributed by atoms with Crippen LogP contribution in [0, 0.1) is 5.82 Å². The summed E-state index contributed by atoms with van der Waals surface area (Å²) in [6.07, 6.45) is 0. The summed E-state index contributed by atoms with van der Waals surface area (Å²) < 4.78 is 28.9. The lowest BCUT2D eigenvalue weighted by atomic mass is 9.99. The Bertz CT molecular complexity index is 609. The molecule has 4 nitrogen and oxygen atoms in total. The molecule has 0 amide bonds. The molecular formula is C16H18FNO3. The van der Waals surface area contributed by atoms with E-state index in [1.165, 1.54) is 13.2 Å². The van der Waals surface area contributed by atoms with E-state index in [2.05, 4.69) is 0 Å². The second-order valence-electron chi connectivity index (χ2n) is 4.52. The molecule has 5 heteroatoms. The Kier molecular flexibility index (Phi) is 4.65. The molecule has 2 aromatic rings. The molecule has 1 atom stereocenters. The van der Waals surface area contributed by atoms with E-state index in [0.717, 1.165) is 11.1 Å².